The zero-order chi connectivity index (χ0) is 21.3. The molecule has 4 nitrogen and oxygen atoms in total. The van der Waals surface area contributed by atoms with E-state index in [1.165, 1.54) is 0 Å². The van der Waals surface area contributed by atoms with E-state index in [0.29, 0.717) is 48.8 Å². The number of hydrogen-bond donors (Lipinski definition) is 1. The summed E-state index contributed by atoms with van der Waals surface area (Å²) in [4.78, 5) is 10.0. The van der Waals surface area contributed by atoms with E-state index in [-0.39, 0.29) is 0 Å². The molecule has 0 saturated carbocycles. The van der Waals surface area contributed by atoms with Gasteiger partial charge in [0, 0.05) is 31.7 Å². The minimum absolute atomic E-state index is 0.306. The number of aryl methyl sites for hydroxylation is 2. The maximum atomic E-state index is 13.8. The van der Waals surface area contributed by atoms with Crippen LogP contribution in [-0.2, 0) is 6.18 Å². The molecule has 0 atom stereocenters. The minimum atomic E-state index is -4.63. The predicted molar refractivity (Wildman–Crippen MR) is 112 cm³/mol. The monoisotopic (exact) mass is 412 g/mol. The Labute approximate surface area is 173 Å². The quantitative estimate of drug-likeness (QED) is 0.667. The Balaban J connectivity index is 2.05. The standard InChI is InChI=1S/C23H23F3N4/c1-15-5-3-7-17(13-15)19-20(18-8-4-6-16(2)14-18)28-22(23(24,25)26)29-21(19)30-11-9-27-10-12-30/h3-8,13-14,27H,9-12H2,1-2H3. The summed E-state index contributed by atoms with van der Waals surface area (Å²) in [6, 6.07) is 15.2. The first-order valence-electron chi connectivity index (χ1n) is 9.92. The zero-order valence-electron chi connectivity index (χ0n) is 16.9. The lowest BCUT2D eigenvalue weighted by molar-refractivity contribution is -0.144. The molecule has 30 heavy (non-hydrogen) atoms. The smallest absolute Gasteiger partial charge is 0.353 e. The number of rotatable bonds is 3. The third-order valence-corrected chi connectivity index (χ3v) is 5.16. The number of hydrogen-bond acceptors (Lipinski definition) is 4. The molecular formula is C23H23F3N4. The van der Waals surface area contributed by atoms with E-state index in [9.17, 15) is 13.2 Å². The molecule has 7 heteroatoms. The number of halogens is 3. The van der Waals surface area contributed by atoms with Gasteiger partial charge < -0.3 is 10.2 Å². The van der Waals surface area contributed by atoms with Gasteiger partial charge in [0.1, 0.15) is 5.82 Å². The molecule has 2 aromatic carbocycles. The van der Waals surface area contributed by atoms with Gasteiger partial charge >= 0.3 is 6.18 Å². The molecule has 1 aromatic heterocycles. The zero-order valence-corrected chi connectivity index (χ0v) is 16.9. The Kier molecular flexibility index (Phi) is 5.47. The number of nitrogens with one attached hydrogen (secondary N) is 1. The van der Waals surface area contributed by atoms with Gasteiger partial charge in [0.2, 0.25) is 5.82 Å². The van der Waals surface area contributed by atoms with Crippen molar-refractivity contribution in [1.82, 2.24) is 15.3 Å². The molecule has 1 N–H and O–H groups in total. The molecule has 0 radical (unpaired) electrons. The number of piperazine rings is 1. The Morgan fingerprint density at radius 3 is 2.07 bits per heavy atom. The van der Waals surface area contributed by atoms with Crippen LogP contribution < -0.4 is 10.2 Å². The normalized spacial score (nSPS) is 14.8. The molecule has 1 saturated heterocycles. The maximum absolute atomic E-state index is 13.8. The summed E-state index contributed by atoms with van der Waals surface area (Å²) in [6.07, 6.45) is -4.63. The summed E-state index contributed by atoms with van der Waals surface area (Å²) < 4.78 is 41.3. The Bertz CT molecular complexity index is 1060. The average molecular weight is 412 g/mol. The molecule has 1 aliphatic rings. The molecule has 1 fully saturated rings. The van der Waals surface area contributed by atoms with Crippen LogP contribution in [0.25, 0.3) is 22.4 Å². The molecule has 0 bridgehead atoms. The van der Waals surface area contributed by atoms with Crippen molar-refractivity contribution in [2.45, 2.75) is 20.0 Å². The summed E-state index contributed by atoms with van der Waals surface area (Å²) in [5.41, 5.74) is 4.39. The van der Waals surface area contributed by atoms with Crippen molar-refractivity contribution < 1.29 is 13.2 Å². The van der Waals surface area contributed by atoms with Crippen LogP contribution in [0.3, 0.4) is 0 Å². The second kappa shape index (κ2) is 8.07. The molecule has 2 heterocycles. The summed E-state index contributed by atoms with van der Waals surface area (Å²) >= 11 is 0. The summed E-state index contributed by atoms with van der Waals surface area (Å²) in [7, 11) is 0. The minimum Gasteiger partial charge on any atom is -0.353 e. The highest BCUT2D eigenvalue weighted by atomic mass is 19.4. The lowest BCUT2D eigenvalue weighted by Gasteiger charge is -2.31. The van der Waals surface area contributed by atoms with Crippen LogP contribution in [0.15, 0.2) is 48.5 Å². The molecule has 156 valence electrons. The van der Waals surface area contributed by atoms with Gasteiger partial charge in [-0.3, -0.25) is 0 Å². The van der Waals surface area contributed by atoms with Crippen molar-refractivity contribution in [2.24, 2.45) is 0 Å². The van der Waals surface area contributed by atoms with E-state index in [0.717, 1.165) is 16.7 Å². The highest BCUT2D eigenvalue weighted by molar-refractivity contribution is 5.89. The molecule has 0 amide bonds. The summed E-state index contributed by atoms with van der Waals surface area (Å²) in [5.74, 6) is -0.773. The number of benzene rings is 2. The van der Waals surface area contributed by atoms with Gasteiger partial charge in [-0.25, -0.2) is 9.97 Å². The molecule has 0 unspecified atom stereocenters. The van der Waals surface area contributed by atoms with E-state index in [1.807, 2.05) is 61.2 Å². The summed E-state index contributed by atoms with van der Waals surface area (Å²) in [5, 5.41) is 3.24. The second-order valence-corrected chi connectivity index (χ2v) is 7.57. The number of alkyl halides is 3. The summed E-state index contributed by atoms with van der Waals surface area (Å²) in [6.45, 7) is 6.43. The van der Waals surface area contributed by atoms with Gasteiger partial charge in [0.15, 0.2) is 0 Å². The van der Waals surface area contributed by atoms with Crippen molar-refractivity contribution in [3.8, 4) is 22.4 Å². The van der Waals surface area contributed by atoms with Gasteiger partial charge in [-0.2, -0.15) is 13.2 Å². The fourth-order valence-electron chi connectivity index (χ4n) is 3.75. The van der Waals surface area contributed by atoms with Crippen LogP contribution in [0.1, 0.15) is 17.0 Å². The van der Waals surface area contributed by atoms with Crippen molar-refractivity contribution in [1.29, 1.82) is 0 Å². The first-order chi connectivity index (χ1) is 14.3. The van der Waals surface area contributed by atoms with E-state index in [2.05, 4.69) is 15.3 Å². The predicted octanol–water partition coefficient (Wildman–Crippen LogP) is 4.86. The fraction of sp³-hybridized carbons (Fsp3) is 0.304. The molecule has 0 aliphatic carbocycles. The molecule has 4 rings (SSSR count). The molecular weight excluding hydrogens is 389 g/mol. The highest BCUT2D eigenvalue weighted by Crippen LogP contribution is 2.40. The lowest BCUT2D eigenvalue weighted by atomic mass is 9.96. The van der Waals surface area contributed by atoms with Crippen molar-refractivity contribution in [3.05, 3.63) is 65.5 Å². The Morgan fingerprint density at radius 2 is 1.47 bits per heavy atom. The van der Waals surface area contributed by atoms with Crippen LogP contribution in [0.4, 0.5) is 19.0 Å². The van der Waals surface area contributed by atoms with E-state index >= 15 is 0 Å². The van der Waals surface area contributed by atoms with Gasteiger partial charge in [-0.15, -0.1) is 0 Å². The molecule has 1 aliphatic heterocycles. The maximum Gasteiger partial charge on any atom is 0.451 e. The third-order valence-electron chi connectivity index (χ3n) is 5.16. The van der Waals surface area contributed by atoms with Gasteiger partial charge in [0.05, 0.1) is 11.3 Å². The van der Waals surface area contributed by atoms with E-state index in [1.54, 1.807) is 6.07 Å². The van der Waals surface area contributed by atoms with Crippen molar-refractivity contribution in [3.63, 3.8) is 0 Å². The van der Waals surface area contributed by atoms with Gasteiger partial charge in [-0.1, -0.05) is 53.6 Å². The average Bonchev–Trinajstić information content (AvgIpc) is 2.73. The number of anilines is 1. The highest BCUT2D eigenvalue weighted by Gasteiger charge is 2.37. The second-order valence-electron chi connectivity index (χ2n) is 7.57. The van der Waals surface area contributed by atoms with Gasteiger partial charge in [-0.05, 0) is 25.5 Å². The van der Waals surface area contributed by atoms with Crippen LogP contribution in [0.5, 0.6) is 0 Å². The van der Waals surface area contributed by atoms with Crippen LogP contribution >= 0.6 is 0 Å². The fourth-order valence-corrected chi connectivity index (χ4v) is 3.75. The van der Waals surface area contributed by atoms with Crippen molar-refractivity contribution >= 4 is 5.82 Å². The first-order valence-corrected chi connectivity index (χ1v) is 9.92. The SMILES string of the molecule is Cc1cccc(-c2nc(C(F)(F)F)nc(N3CCNCC3)c2-c2cccc(C)c2)c1. The topological polar surface area (TPSA) is 41.1 Å². The third kappa shape index (κ3) is 4.16. The van der Waals surface area contributed by atoms with Gasteiger partial charge in [0.25, 0.3) is 0 Å². The Morgan fingerprint density at radius 1 is 0.867 bits per heavy atom. The molecule has 3 aromatic rings. The largest absolute Gasteiger partial charge is 0.451 e. The number of aromatic nitrogens is 2. The van der Waals surface area contributed by atoms with E-state index in [4.69, 9.17) is 0 Å². The first kappa shape index (κ1) is 20.3. The Hall–Kier alpha value is -2.93. The molecule has 0 spiro atoms. The van der Waals surface area contributed by atoms with Crippen LogP contribution in [0, 0.1) is 13.8 Å². The van der Waals surface area contributed by atoms with Crippen molar-refractivity contribution in [2.75, 3.05) is 31.1 Å². The lowest BCUT2D eigenvalue weighted by Crippen LogP contribution is -2.44. The van der Waals surface area contributed by atoms with Crippen LogP contribution in [0.2, 0.25) is 0 Å². The van der Waals surface area contributed by atoms with Crippen LogP contribution in [-0.4, -0.2) is 36.1 Å². The number of nitrogens with zero attached hydrogens (tertiary/aromatic N) is 3. The van der Waals surface area contributed by atoms with E-state index < -0.39 is 12.0 Å².